The molecule has 8 heteroatoms. The number of hydrogen-bond donors (Lipinski definition) is 2. The molecule has 0 spiro atoms. The number of aliphatic hydroxyl groups excluding tert-OH is 2. The Morgan fingerprint density at radius 3 is 2.69 bits per heavy atom. The highest BCUT2D eigenvalue weighted by atomic mass is 32.1. The first kappa shape index (κ1) is 19.9. The van der Waals surface area contributed by atoms with Gasteiger partial charge in [0.05, 0.1) is 13.2 Å². The summed E-state index contributed by atoms with van der Waals surface area (Å²) in [6.07, 6.45) is 10.1. The van der Waals surface area contributed by atoms with E-state index >= 15 is 0 Å². The maximum Gasteiger partial charge on any atom is 0.220 e. The van der Waals surface area contributed by atoms with Crippen molar-refractivity contribution in [3.8, 4) is 5.75 Å². The standard InChI is InChI=1S/C21H25N3O4S/c25-13-16(14-26)27-15-5-7-18-19(11-15)28-20(23-18)8-6-17-12-22-21(29-17)24-9-3-1-2-4-10-24/h5-8,11-12,16,25-26H,1-4,9-10,13-14H2/b8-6+. The Kier molecular flexibility index (Phi) is 6.43. The van der Waals surface area contributed by atoms with E-state index in [4.69, 9.17) is 19.4 Å². The first-order valence-corrected chi connectivity index (χ1v) is 10.7. The van der Waals surface area contributed by atoms with E-state index in [1.165, 1.54) is 25.7 Å². The molecule has 0 saturated carbocycles. The lowest BCUT2D eigenvalue weighted by Crippen LogP contribution is -2.25. The molecule has 1 aromatic carbocycles. The van der Waals surface area contributed by atoms with Crippen molar-refractivity contribution in [3.05, 3.63) is 35.2 Å². The molecule has 29 heavy (non-hydrogen) atoms. The maximum absolute atomic E-state index is 9.14. The average molecular weight is 416 g/mol. The van der Waals surface area contributed by atoms with Gasteiger partial charge in [-0.05, 0) is 31.1 Å². The number of oxazole rings is 1. The van der Waals surface area contributed by atoms with Gasteiger partial charge in [0.15, 0.2) is 10.7 Å². The van der Waals surface area contributed by atoms with Crippen molar-refractivity contribution in [2.24, 2.45) is 0 Å². The topological polar surface area (TPSA) is 91.8 Å². The summed E-state index contributed by atoms with van der Waals surface area (Å²) in [4.78, 5) is 12.5. The number of thiazole rings is 1. The van der Waals surface area contributed by atoms with E-state index in [-0.39, 0.29) is 13.2 Å². The summed E-state index contributed by atoms with van der Waals surface area (Å²) in [5.41, 5.74) is 1.31. The van der Waals surface area contributed by atoms with Gasteiger partial charge in [-0.1, -0.05) is 24.2 Å². The molecular formula is C21H25N3O4S. The summed E-state index contributed by atoms with van der Waals surface area (Å²) in [6.45, 7) is 1.65. The molecular weight excluding hydrogens is 390 g/mol. The number of fused-ring (bicyclic) bond motifs is 1. The van der Waals surface area contributed by atoms with Crippen LogP contribution in [0.2, 0.25) is 0 Å². The third-order valence-corrected chi connectivity index (χ3v) is 5.89. The van der Waals surface area contributed by atoms with E-state index in [1.807, 2.05) is 18.3 Å². The molecule has 0 bridgehead atoms. The van der Waals surface area contributed by atoms with Crippen LogP contribution < -0.4 is 9.64 Å². The van der Waals surface area contributed by atoms with Crippen LogP contribution in [0, 0.1) is 0 Å². The van der Waals surface area contributed by atoms with Crippen LogP contribution in [0.15, 0.2) is 28.8 Å². The van der Waals surface area contributed by atoms with Gasteiger partial charge in [0.2, 0.25) is 5.89 Å². The Bertz CT molecular complexity index is 956. The molecule has 3 heterocycles. The van der Waals surface area contributed by atoms with Gasteiger partial charge >= 0.3 is 0 Å². The van der Waals surface area contributed by atoms with Crippen molar-refractivity contribution in [2.75, 3.05) is 31.2 Å². The van der Waals surface area contributed by atoms with E-state index in [1.54, 1.807) is 29.5 Å². The van der Waals surface area contributed by atoms with Gasteiger partial charge in [0.25, 0.3) is 0 Å². The molecule has 1 aliphatic heterocycles. The fraction of sp³-hybridized carbons (Fsp3) is 0.429. The average Bonchev–Trinajstić information content (AvgIpc) is 3.28. The van der Waals surface area contributed by atoms with E-state index in [2.05, 4.69) is 14.9 Å². The number of anilines is 1. The molecule has 2 aromatic heterocycles. The summed E-state index contributed by atoms with van der Waals surface area (Å²) in [7, 11) is 0. The normalized spacial score (nSPS) is 15.5. The molecule has 0 unspecified atom stereocenters. The first-order chi connectivity index (χ1) is 14.2. The molecule has 3 aromatic rings. The summed E-state index contributed by atoms with van der Waals surface area (Å²) in [5.74, 6) is 1.02. The van der Waals surface area contributed by atoms with E-state index in [0.29, 0.717) is 17.2 Å². The Labute approximate surface area is 173 Å². The first-order valence-electron chi connectivity index (χ1n) is 9.93. The van der Waals surface area contributed by atoms with Gasteiger partial charge in [-0.2, -0.15) is 0 Å². The summed E-state index contributed by atoms with van der Waals surface area (Å²) < 4.78 is 11.3. The third kappa shape index (κ3) is 4.95. The Morgan fingerprint density at radius 1 is 1.14 bits per heavy atom. The molecule has 2 N–H and O–H groups in total. The molecule has 0 atom stereocenters. The lowest BCUT2D eigenvalue weighted by Gasteiger charge is -2.18. The van der Waals surface area contributed by atoms with E-state index in [0.717, 1.165) is 28.6 Å². The van der Waals surface area contributed by atoms with Crippen molar-refractivity contribution in [1.29, 1.82) is 0 Å². The van der Waals surface area contributed by atoms with Crippen LogP contribution in [0.25, 0.3) is 23.3 Å². The lowest BCUT2D eigenvalue weighted by atomic mass is 10.2. The van der Waals surface area contributed by atoms with Gasteiger partial charge < -0.3 is 24.3 Å². The molecule has 7 nitrogen and oxygen atoms in total. The zero-order valence-electron chi connectivity index (χ0n) is 16.2. The van der Waals surface area contributed by atoms with Crippen LogP contribution in [0.1, 0.15) is 36.5 Å². The second kappa shape index (κ2) is 9.39. The van der Waals surface area contributed by atoms with Gasteiger partial charge in [-0.25, -0.2) is 9.97 Å². The van der Waals surface area contributed by atoms with Crippen LogP contribution in [0.5, 0.6) is 5.75 Å². The number of benzene rings is 1. The summed E-state index contributed by atoms with van der Waals surface area (Å²) >= 11 is 1.68. The number of ether oxygens (including phenoxy) is 1. The highest BCUT2D eigenvalue weighted by molar-refractivity contribution is 7.16. The van der Waals surface area contributed by atoms with Crippen molar-refractivity contribution in [3.63, 3.8) is 0 Å². The van der Waals surface area contributed by atoms with Crippen LogP contribution in [0.4, 0.5) is 5.13 Å². The lowest BCUT2D eigenvalue weighted by molar-refractivity contribution is 0.0630. The zero-order chi connectivity index (χ0) is 20.1. The minimum Gasteiger partial charge on any atom is -0.485 e. The SMILES string of the molecule is OCC(CO)Oc1ccc2nc(/C=C/c3cnc(N4CCCCCC4)s3)oc2c1. The maximum atomic E-state index is 9.14. The molecule has 1 aliphatic rings. The highest BCUT2D eigenvalue weighted by Crippen LogP contribution is 2.27. The fourth-order valence-corrected chi connectivity index (χ4v) is 4.18. The summed E-state index contributed by atoms with van der Waals surface area (Å²) in [5, 5.41) is 19.4. The van der Waals surface area contributed by atoms with Crippen LogP contribution in [-0.2, 0) is 0 Å². The monoisotopic (exact) mass is 415 g/mol. The van der Waals surface area contributed by atoms with Crippen LogP contribution in [-0.4, -0.2) is 52.6 Å². The smallest absolute Gasteiger partial charge is 0.220 e. The number of hydrogen-bond acceptors (Lipinski definition) is 8. The zero-order valence-corrected chi connectivity index (χ0v) is 17.0. The molecule has 0 aliphatic carbocycles. The Hall–Kier alpha value is -2.42. The van der Waals surface area contributed by atoms with Gasteiger partial charge in [-0.15, -0.1) is 0 Å². The molecule has 0 radical (unpaired) electrons. The minimum atomic E-state index is -0.653. The highest BCUT2D eigenvalue weighted by Gasteiger charge is 2.13. The Balaban J connectivity index is 1.45. The second-order valence-corrected chi connectivity index (χ2v) is 8.11. The number of rotatable bonds is 7. The fourth-order valence-electron chi connectivity index (χ4n) is 3.31. The van der Waals surface area contributed by atoms with Crippen LogP contribution in [0.3, 0.4) is 0 Å². The second-order valence-electron chi connectivity index (χ2n) is 7.07. The van der Waals surface area contributed by atoms with Crippen molar-refractivity contribution in [1.82, 2.24) is 9.97 Å². The van der Waals surface area contributed by atoms with Crippen molar-refractivity contribution in [2.45, 2.75) is 31.8 Å². The quantitative estimate of drug-likeness (QED) is 0.609. The number of aliphatic hydroxyl groups is 2. The van der Waals surface area contributed by atoms with Gasteiger partial charge in [0.1, 0.15) is 17.4 Å². The predicted molar refractivity (Wildman–Crippen MR) is 114 cm³/mol. The molecule has 0 amide bonds. The minimum absolute atomic E-state index is 0.257. The summed E-state index contributed by atoms with van der Waals surface area (Å²) in [6, 6.07) is 5.25. The van der Waals surface area contributed by atoms with E-state index < -0.39 is 6.10 Å². The predicted octanol–water partition coefficient (Wildman–Crippen LogP) is 3.57. The third-order valence-electron chi connectivity index (χ3n) is 4.86. The largest absolute Gasteiger partial charge is 0.485 e. The van der Waals surface area contributed by atoms with Crippen LogP contribution >= 0.6 is 11.3 Å². The molecule has 4 rings (SSSR count). The molecule has 1 saturated heterocycles. The number of aromatic nitrogens is 2. The number of nitrogens with zero attached hydrogens (tertiary/aromatic N) is 3. The van der Waals surface area contributed by atoms with Gasteiger partial charge in [-0.3, -0.25) is 0 Å². The molecule has 154 valence electrons. The Morgan fingerprint density at radius 2 is 1.93 bits per heavy atom. The van der Waals surface area contributed by atoms with Crippen molar-refractivity contribution >= 4 is 39.7 Å². The van der Waals surface area contributed by atoms with Crippen molar-refractivity contribution < 1.29 is 19.4 Å². The van der Waals surface area contributed by atoms with Gasteiger partial charge in [0, 0.05) is 36.3 Å². The molecule has 1 fully saturated rings. The van der Waals surface area contributed by atoms with E-state index in [9.17, 15) is 0 Å².